The molecule has 0 aromatic heterocycles. The highest BCUT2D eigenvalue weighted by atomic mass is 16.6. The zero-order chi connectivity index (χ0) is 7.61. The Bertz CT molecular complexity index is 108. The topological polar surface area (TPSA) is 47.3 Å². The number of hydrogen-bond donors (Lipinski definition) is 2. The minimum Gasteiger partial charge on any atom is -0.311 e. The predicted molar refractivity (Wildman–Crippen MR) is 40.4 cm³/mol. The quantitative estimate of drug-likeness (QED) is 0.552. The molecule has 1 rings (SSSR count). The summed E-state index contributed by atoms with van der Waals surface area (Å²) in [6.45, 7) is 5.11. The van der Waals surface area contributed by atoms with Gasteiger partial charge < -0.3 is 5.32 Å². The normalized spacial score (nSPS) is 27.3. The SMILES string of the molecule is CC(C)(ON)C1CCCN1. The number of nitrogens with two attached hydrogens (primary N) is 1. The Morgan fingerprint density at radius 2 is 2.30 bits per heavy atom. The highest BCUT2D eigenvalue weighted by Gasteiger charge is 2.31. The fraction of sp³-hybridized carbons (Fsp3) is 1.00. The molecule has 3 heteroatoms. The van der Waals surface area contributed by atoms with Gasteiger partial charge in [0, 0.05) is 6.04 Å². The highest BCUT2D eigenvalue weighted by Crippen LogP contribution is 2.20. The average molecular weight is 144 g/mol. The largest absolute Gasteiger partial charge is 0.311 e. The van der Waals surface area contributed by atoms with Crippen molar-refractivity contribution in [2.24, 2.45) is 5.90 Å². The molecular weight excluding hydrogens is 128 g/mol. The summed E-state index contributed by atoms with van der Waals surface area (Å²) in [6, 6.07) is 0.428. The maximum absolute atomic E-state index is 5.15. The van der Waals surface area contributed by atoms with Crippen LogP contribution in [0.4, 0.5) is 0 Å². The molecule has 1 aliphatic heterocycles. The van der Waals surface area contributed by atoms with Crippen molar-refractivity contribution in [3.63, 3.8) is 0 Å². The van der Waals surface area contributed by atoms with E-state index in [1.165, 1.54) is 12.8 Å². The highest BCUT2D eigenvalue weighted by molar-refractivity contribution is 4.88. The molecule has 0 aromatic rings. The van der Waals surface area contributed by atoms with E-state index < -0.39 is 0 Å². The molecule has 3 nitrogen and oxygen atoms in total. The van der Waals surface area contributed by atoms with Gasteiger partial charge in [0.1, 0.15) is 0 Å². The van der Waals surface area contributed by atoms with Gasteiger partial charge >= 0.3 is 0 Å². The van der Waals surface area contributed by atoms with Crippen molar-refractivity contribution in [1.82, 2.24) is 5.32 Å². The van der Waals surface area contributed by atoms with Crippen LogP contribution >= 0.6 is 0 Å². The summed E-state index contributed by atoms with van der Waals surface area (Å²) in [5.74, 6) is 5.15. The number of nitrogens with one attached hydrogen (secondary N) is 1. The first kappa shape index (κ1) is 7.98. The molecule has 1 fully saturated rings. The Labute approximate surface area is 61.9 Å². The van der Waals surface area contributed by atoms with Gasteiger partial charge in [0.05, 0.1) is 5.60 Å². The van der Waals surface area contributed by atoms with Crippen LogP contribution in [0.1, 0.15) is 26.7 Å². The van der Waals surface area contributed by atoms with E-state index in [4.69, 9.17) is 10.7 Å². The summed E-state index contributed by atoms with van der Waals surface area (Å²) >= 11 is 0. The van der Waals surface area contributed by atoms with Gasteiger partial charge in [-0.05, 0) is 33.2 Å². The maximum Gasteiger partial charge on any atom is 0.0989 e. The average Bonchev–Trinajstić information content (AvgIpc) is 2.38. The summed E-state index contributed by atoms with van der Waals surface area (Å²) in [7, 11) is 0. The summed E-state index contributed by atoms with van der Waals surface area (Å²) in [4.78, 5) is 4.86. The standard InChI is InChI=1S/C7H16N2O/c1-7(2,10-8)6-4-3-5-9-6/h6,9H,3-5,8H2,1-2H3. The first-order chi connectivity index (χ1) is 4.67. The van der Waals surface area contributed by atoms with Crippen LogP contribution in [-0.2, 0) is 4.84 Å². The van der Waals surface area contributed by atoms with Gasteiger partial charge in [-0.3, -0.25) is 4.84 Å². The second-order valence-electron chi connectivity index (χ2n) is 3.37. The van der Waals surface area contributed by atoms with Crippen LogP contribution in [0.15, 0.2) is 0 Å². The van der Waals surface area contributed by atoms with Gasteiger partial charge in [-0.25, -0.2) is 5.90 Å². The molecule has 0 saturated carbocycles. The first-order valence-electron chi connectivity index (χ1n) is 3.78. The summed E-state index contributed by atoms with van der Waals surface area (Å²) in [6.07, 6.45) is 2.40. The number of rotatable bonds is 2. The van der Waals surface area contributed by atoms with Crippen molar-refractivity contribution in [2.45, 2.75) is 38.3 Å². The van der Waals surface area contributed by atoms with Crippen LogP contribution in [0.5, 0.6) is 0 Å². The molecular formula is C7H16N2O. The molecule has 1 heterocycles. The molecule has 0 bridgehead atoms. The first-order valence-corrected chi connectivity index (χ1v) is 3.78. The zero-order valence-electron chi connectivity index (χ0n) is 6.68. The zero-order valence-corrected chi connectivity index (χ0v) is 6.68. The molecule has 1 unspecified atom stereocenters. The number of hydrogen-bond acceptors (Lipinski definition) is 3. The second-order valence-corrected chi connectivity index (χ2v) is 3.37. The van der Waals surface area contributed by atoms with E-state index in [0.29, 0.717) is 6.04 Å². The third-order valence-electron chi connectivity index (χ3n) is 2.20. The molecule has 10 heavy (non-hydrogen) atoms. The van der Waals surface area contributed by atoms with Crippen molar-refractivity contribution in [1.29, 1.82) is 0 Å². The molecule has 1 atom stereocenters. The third kappa shape index (κ3) is 1.48. The monoisotopic (exact) mass is 144 g/mol. The van der Waals surface area contributed by atoms with E-state index in [0.717, 1.165) is 6.54 Å². The Kier molecular flexibility index (Phi) is 2.28. The lowest BCUT2D eigenvalue weighted by atomic mass is 9.98. The van der Waals surface area contributed by atoms with Crippen molar-refractivity contribution in [2.75, 3.05) is 6.54 Å². The summed E-state index contributed by atoms with van der Waals surface area (Å²) < 4.78 is 0. The van der Waals surface area contributed by atoms with E-state index >= 15 is 0 Å². The molecule has 3 N–H and O–H groups in total. The van der Waals surface area contributed by atoms with Gasteiger partial charge in [-0.15, -0.1) is 0 Å². The van der Waals surface area contributed by atoms with Crippen LogP contribution in [-0.4, -0.2) is 18.2 Å². The van der Waals surface area contributed by atoms with Crippen molar-refractivity contribution in [3.8, 4) is 0 Å². The van der Waals surface area contributed by atoms with Crippen LogP contribution in [0, 0.1) is 0 Å². The maximum atomic E-state index is 5.15. The molecule has 1 saturated heterocycles. The molecule has 0 aliphatic carbocycles. The Balaban J connectivity index is 2.45. The van der Waals surface area contributed by atoms with Crippen molar-refractivity contribution >= 4 is 0 Å². The van der Waals surface area contributed by atoms with Gasteiger partial charge in [0.25, 0.3) is 0 Å². The molecule has 0 aromatic carbocycles. The Morgan fingerprint density at radius 1 is 1.60 bits per heavy atom. The van der Waals surface area contributed by atoms with Crippen LogP contribution in [0.3, 0.4) is 0 Å². The van der Waals surface area contributed by atoms with Gasteiger partial charge in [-0.2, -0.15) is 0 Å². The molecule has 0 spiro atoms. The van der Waals surface area contributed by atoms with E-state index in [2.05, 4.69) is 5.32 Å². The molecule has 0 radical (unpaired) electrons. The molecule has 60 valence electrons. The molecule has 0 amide bonds. The smallest absolute Gasteiger partial charge is 0.0989 e. The fourth-order valence-electron chi connectivity index (χ4n) is 1.36. The van der Waals surface area contributed by atoms with Crippen molar-refractivity contribution in [3.05, 3.63) is 0 Å². The van der Waals surface area contributed by atoms with E-state index in [9.17, 15) is 0 Å². The van der Waals surface area contributed by atoms with E-state index in [1.807, 2.05) is 13.8 Å². The minimum atomic E-state index is -0.212. The Morgan fingerprint density at radius 3 is 2.70 bits per heavy atom. The minimum absolute atomic E-state index is 0.212. The van der Waals surface area contributed by atoms with Crippen LogP contribution in [0.2, 0.25) is 0 Å². The van der Waals surface area contributed by atoms with Crippen LogP contribution < -0.4 is 11.2 Å². The third-order valence-corrected chi connectivity index (χ3v) is 2.20. The van der Waals surface area contributed by atoms with Crippen LogP contribution in [0.25, 0.3) is 0 Å². The molecule has 1 aliphatic rings. The van der Waals surface area contributed by atoms with Gasteiger partial charge in [0.2, 0.25) is 0 Å². The lowest BCUT2D eigenvalue weighted by Crippen LogP contribution is -2.46. The fourth-order valence-corrected chi connectivity index (χ4v) is 1.36. The lowest BCUT2D eigenvalue weighted by molar-refractivity contribution is -0.0424. The van der Waals surface area contributed by atoms with Crippen molar-refractivity contribution < 1.29 is 4.84 Å². The predicted octanol–water partition coefficient (Wildman–Crippen LogP) is 0.407. The summed E-state index contributed by atoms with van der Waals surface area (Å²) in [5.41, 5.74) is -0.212. The van der Waals surface area contributed by atoms with E-state index in [1.54, 1.807) is 0 Å². The van der Waals surface area contributed by atoms with Gasteiger partial charge in [-0.1, -0.05) is 0 Å². The van der Waals surface area contributed by atoms with E-state index in [-0.39, 0.29) is 5.60 Å². The second kappa shape index (κ2) is 2.86. The van der Waals surface area contributed by atoms with Gasteiger partial charge in [0.15, 0.2) is 0 Å². The Hall–Kier alpha value is -0.120. The summed E-state index contributed by atoms with van der Waals surface area (Å²) in [5, 5.41) is 3.34. The lowest BCUT2D eigenvalue weighted by Gasteiger charge is -2.28.